The summed E-state index contributed by atoms with van der Waals surface area (Å²) in [6.45, 7) is 2.02. The number of unbranched alkanes of at least 4 members (excludes halogenated alkanes) is 1. The first kappa shape index (κ1) is 13.7. The Balaban J connectivity index is 2.83. The summed E-state index contributed by atoms with van der Waals surface area (Å²) in [7, 11) is 0. The molecule has 0 saturated heterocycles. The van der Waals surface area contributed by atoms with Crippen molar-refractivity contribution in [3.05, 3.63) is 39.4 Å². The zero-order valence-electron chi connectivity index (χ0n) is 10.1. The Morgan fingerprint density at radius 2 is 2.28 bits per heavy atom. The topological polar surface area (TPSA) is 72.2 Å². The first-order valence-electron chi connectivity index (χ1n) is 5.53. The number of carbonyl (C=O) groups is 1. The molecule has 5 nitrogen and oxygen atoms in total. The van der Waals surface area contributed by atoms with Crippen molar-refractivity contribution in [3.63, 3.8) is 0 Å². The second-order valence-electron chi connectivity index (χ2n) is 3.79. The van der Waals surface area contributed by atoms with Gasteiger partial charge in [-0.25, -0.2) is 0 Å². The highest BCUT2D eigenvalue weighted by atomic mass is 16.6. The van der Waals surface area contributed by atoms with E-state index in [1.807, 2.05) is 0 Å². The minimum absolute atomic E-state index is 0.0840. The molecule has 1 aromatic rings. The quantitative estimate of drug-likeness (QED) is 0.374. The highest BCUT2D eigenvalue weighted by Crippen LogP contribution is 2.22. The van der Waals surface area contributed by atoms with Crippen LogP contribution in [0.5, 0.6) is 0 Å². The third-order valence-electron chi connectivity index (χ3n) is 2.45. The lowest BCUT2D eigenvalue weighted by atomic mass is 10.1. The Morgan fingerprint density at radius 3 is 2.89 bits per heavy atom. The summed E-state index contributed by atoms with van der Waals surface area (Å²) in [6, 6.07) is 4.67. The molecule has 0 bridgehead atoms. The number of aryl methyl sites for hydroxylation is 1. The number of rotatable bonds is 5. The fourth-order valence-corrected chi connectivity index (χ4v) is 1.57. The number of hydrogen-bond acceptors (Lipinski definition) is 3. The van der Waals surface area contributed by atoms with Gasteiger partial charge in [0.2, 0.25) is 0 Å². The van der Waals surface area contributed by atoms with Crippen molar-refractivity contribution in [2.45, 2.75) is 19.8 Å². The molecule has 18 heavy (non-hydrogen) atoms. The molecule has 0 radical (unpaired) electrons. The maximum atomic E-state index is 11.8. The molecule has 0 spiro atoms. The van der Waals surface area contributed by atoms with Crippen molar-refractivity contribution in [2.24, 2.45) is 0 Å². The van der Waals surface area contributed by atoms with Crippen LogP contribution < -0.4 is 5.32 Å². The fourth-order valence-electron chi connectivity index (χ4n) is 1.57. The zero-order valence-corrected chi connectivity index (χ0v) is 10.1. The molecular weight excluding hydrogens is 232 g/mol. The van der Waals surface area contributed by atoms with E-state index in [-0.39, 0.29) is 11.3 Å². The maximum absolute atomic E-state index is 11.8. The summed E-state index contributed by atoms with van der Waals surface area (Å²) < 4.78 is 0. The number of nitrogens with one attached hydrogen (secondary N) is 1. The second-order valence-corrected chi connectivity index (χ2v) is 3.79. The number of benzene rings is 1. The third-order valence-corrected chi connectivity index (χ3v) is 2.45. The Morgan fingerprint density at radius 1 is 1.56 bits per heavy atom. The van der Waals surface area contributed by atoms with Gasteiger partial charge in [-0.1, -0.05) is 12.1 Å². The number of nitro benzene ring substituents is 1. The van der Waals surface area contributed by atoms with E-state index in [4.69, 9.17) is 6.42 Å². The minimum atomic E-state index is -0.536. The summed E-state index contributed by atoms with van der Waals surface area (Å²) in [4.78, 5) is 22.2. The highest BCUT2D eigenvalue weighted by molar-refractivity contribution is 5.98. The minimum Gasteiger partial charge on any atom is -0.352 e. The van der Waals surface area contributed by atoms with E-state index in [2.05, 4.69) is 11.2 Å². The molecule has 94 valence electrons. The molecule has 0 aromatic heterocycles. The Hall–Kier alpha value is -2.35. The number of amides is 1. The largest absolute Gasteiger partial charge is 0.352 e. The van der Waals surface area contributed by atoms with Gasteiger partial charge in [-0.15, -0.1) is 12.3 Å². The van der Waals surface area contributed by atoms with Gasteiger partial charge in [-0.2, -0.15) is 0 Å². The molecule has 0 heterocycles. The number of terminal acetylenes is 1. The number of hydrogen-bond donors (Lipinski definition) is 1. The predicted molar refractivity (Wildman–Crippen MR) is 68.2 cm³/mol. The van der Waals surface area contributed by atoms with E-state index in [1.54, 1.807) is 19.1 Å². The normalized spacial score (nSPS) is 9.56. The molecule has 0 unspecified atom stereocenters. The molecule has 0 saturated carbocycles. The van der Waals surface area contributed by atoms with Crippen LogP contribution in [0.25, 0.3) is 0 Å². The van der Waals surface area contributed by atoms with Crippen molar-refractivity contribution >= 4 is 11.6 Å². The van der Waals surface area contributed by atoms with Crippen LogP contribution >= 0.6 is 0 Å². The van der Waals surface area contributed by atoms with Crippen molar-refractivity contribution in [1.29, 1.82) is 0 Å². The predicted octanol–water partition coefficient (Wildman–Crippen LogP) is 2.05. The lowest BCUT2D eigenvalue weighted by Crippen LogP contribution is -2.25. The van der Waals surface area contributed by atoms with E-state index in [1.165, 1.54) is 6.07 Å². The van der Waals surface area contributed by atoms with Crippen LogP contribution in [-0.4, -0.2) is 17.4 Å². The van der Waals surface area contributed by atoms with Crippen molar-refractivity contribution < 1.29 is 9.72 Å². The van der Waals surface area contributed by atoms with E-state index < -0.39 is 10.8 Å². The zero-order chi connectivity index (χ0) is 13.5. The van der Waals surface area contributed by atoms with Gasteiger partial charge < -0.3 is 5.32 Å². The molecule has 0 atom stereocenters. The molecule has 1 rings (SSSR count). The summed E-state index contributed by atoms with van der Waals surface area (Å²) >= 11 is 0. The van der Waals surface area contributed by atoms with Crippen LogP contribution in [0.2, 0.25) is 0 Å². The number of carbonyl (C=O) groups excluding carboxylic acids is 1. The van der Waals surface area contributed by atoms with Crippen LogP contribution in [0.3, 0.4) is 0 Å². The molecule has 0 aliphatic rings. The average molecular weight is 246 g/mol. The van der Waals surface area contributed by atoms with Gasteiger partial charge >= 0.3 is 0 Å². The summed E-state index contributed by atoms with van der Waals surface area (Å²) in [5.74, 6) is 2.02. The summed E-state index contributed by atoms with van der Waals surface area (Å²) in [6.07, 6.45) is 6.31. The first-order chi connectivity index (χ1) is 8.57. The Kier molecular flexibility index (Phi) is 4.88. The van der Waals surface area contributed by atoms with Gasteiger partial charge in [0.05, 0.1) is 4.92 Å². The van der Waals surface area contributed by atoms with E-state index >= 15 is 0 Å². The molecule has 1 N–H and O–H groups in total. The fraction of sp³-hybridized carbons (Fsp3) is 0.308. The van der Waals surface area contributed by atoms with Crippen LogP contribution in [0.1, 0.15) is 28.8 Å². The van der Waals surface area contributed by atoms with Gasteiger partial charge in [0, 0.05) is 18.5 Å². The molecule has 1 aromatic carbocycles. The number of nitrogens with zero attached hydrogens (tertiary/aromatic N) is 1. The molecular formula is C13H14N2O3. The first-order valence-corrected chi connectivity index (χ1v) is 5.53. The SMILES string of the molecule is C#CCCCNC(=O)c1cccc(C)c1[N+](=O)[O-]. The van der Waals surface area contributed by atoms with Crippen LogP contribution in [-0.2, 0) is 0 Å². The molecule has 0 fully saturated rings. The van der Waals surface area contributed by atoms with Crippen molar-refractivity contribution in [3.8, 4) is 12.3 Å². The van der Waals surface area contributed by atoms with Crippen LogP contribution in [0, 0.1) is 29.4 Å². The Bertz CT molecular complexity index is 503. The molecule has 0 aliphatic carbocycles. The molecule has 0 aliphatic heterocycles. The van der Waals surface area contributed by atoms with E-state index in [0.29, 0.717) is 24.9 Å². The molecule has 1 amide bonds. The van der Waals surface area contributed by atoms with Crippen molar-refractivity contribution in [2.75, 3.05) is 6.54 Å². The van der Waals surface area contributed by atoms with Gasteiger partial charge in [-0.3, -0.25) is 14.9 Å². The maximum Gasteiger partial charge on any atom is 0.285 e. The molecule has 5 heteroatoms. The van der Waals surface area contributed by atoms with Gasteiger partial charge in [0.1, 0.15) is 5.56 Å². The Labute approximate surface area is 105 Å². The smallest absolute Gasteiger partial charge is 0.285 e. The highest BCUT2D eigenvalue weighted by Gasteiger charge is 2.21. The monoisotopic (exact) mass is 246 g/mol. The van der Waals surface area contributed by atoms with Gasteiger partial charge in [-0.05, 0) is 19.4 Å². The van der Waals surface area contributed by atoms with Gasteiger partial charge in [0.25, 0.3) is 11.6 Å². The summed E-state index contributed by atoms with van der Waals surface area (Å²) in [5, 5.41) is 13.5. The summed E-state index contributed by atoms with van der Waals surface area (Å²) in [5.41, 5.74) is 0.406. The van der Waals surface area contributed by atoms with E-state index in [9.17, 15) is 14.9 Å². The second kappa shape index (κ2) is 6.40. The standard InChI is InChI=1S/C13H14N2O3/c1-3-4-5-9-14-13(16)11-8-6-7-10(2)12(11)15(17)18/h1,6-8H,4-5,9H2,2H3,(H,14,16). The van der Waals surface area contributed by atoms with E-state index in [0.717, 1.165) is 0 Å². The van der Waals surface area contributed by atoms with Crippen LogP contribution in [0.4, 0.5) is 5.69 Å². The lowest BCUT2D eigenvalue weighted by Gasteiger charge is -2.06. The number of para-hydroxylation sites is 1. The van der Waals surface area contributed by atoms with Crippen molar-refractivity contribution in [1.82, 2.24) is 5.32 Å². The average Bonchev–Trinajstić information content (AvgIpc) is 2.33. The van der Waals surface area contributed by atoms with Gasteiger partial charge in [0.15, 0.2) is 0 Å². The third kappa shape index (κ3) is 3.32. The number of nitro groups is 1. The van der Waals surface area contributed by atoms with Crippen LogP contribution in [0.15, 0.2) is 18.2 Å². The lowest BCUT2D eigenvalue weighted by molar-refractivity contribution is -0.385.